The molecule has 15 heavy (non-hydrogen) atoms. The van der Waals surface area contributed by atoms with Gasteiger partial charge in [-0.05, 0) is 26.0 Å². The zero-order chi connectivity index (χ0) is 11.1. The Bertz CT molecular complexity index is 390. The fraction of sp³-hybridized carbons (Fsp3) is 0.417. The van der Waals surface area contributed by atoms with E-state index in [0.717, 1.165) is 11.1 Å². The third-order valence-electron chi connectivity index (χ3n) is 2.66. The van der Waals surface area contributed by atoms with Gasteiger partial charge in [0.1, 0.15) is 0 Å². The van der Waals surface area contributed by atoms with Crippen LogP contribution in [0.25, 0.3) is 0 Å². The maximum absolute atomic E-state index is 11.9. The zero-order valence-corrected chi connectivity index (χ0v) is 9.16. The monoisotopic (exact) mass is 204 g/mol. The standard InChI is InChI=1S/C12H16N2O/c1-9-4-3-5-10(6-9)11(15)14-7-12(2,13)8-14/h3-6H,7-8,13H2,1-2H3. The SMILES string of the molecule is Cc1cccc(C(=O)N2CC(C)(N)C2)c1. The fourth-order valence-electron chi connectivity index (χ4n) is 1.93. The number of hydrogen-bond donors (Lipinski definition) is 1. The van der Waals surface area contributed by atoms with Crippen LogP contribution in [0, 0.1) is 6.92 Å². The van der Waals surface area contributed by atoms with Crippen LogP contribution in [0.4, 0.5) is 0 Å². The maximum Gasteiger partial charge on any atom is 0.253 e. The third kappa shape index (κ3) is 2.02. The van der Waals surface area contributed by atoms with Crippen LogP contribution in [-0.4, -0.2) is 29.4 Å². The summed E-state index contributed by atoms with van der Waals surface area (Å²) in [4.78, 5) is 13.7. The molecule has 1 heterocycles. The average Bonchev–Trinajstić information content (AvgIpc) is 2.13. The normalized spacial score (nSPS) is 18.5. The molecule has 0 aliphatic carbocycles. The summed E-state index contributed by atoms with van der Waals surface area (Å²) in [5, 5.41) is 0. The Morgan fingerprint density at radius 2 is 2.13 bits per heavy atom. The Balaban J connectivity index is 2.10. The highest BCUT2D eigenvalue weighted by Gasteiger charge is 2.37. The molecule has 1 fully saturated rings. The summed E-state index contributed by atoms with van der Waals surface area (Å²) in [6, 6.07) is 7.65. The molecule has 0 atom stereocenters. The van der Waals surface area contributed by atoms with Crippen molar-refractivity contribution in [1.82, 2.24) is 4.90 Å². The van der Waals surface area contributed by atoms with Gasteiger partial charge in [0.15, 0.2) is 0 Å². The largest absolute Gasteiger partial charge is 0.335 e. The highest BCUT2D eigenvalue weighted by Crippen LogP contribution is 2.20. The summed E-state index contributed by atoms with van der Waals surface area (Å²) >= 11 is 0. The van der Waals surface area contributed by atoms with E-state index in [4.69, 9.17) is 5.73 Å². The zero-order valence-electron chi connectivity index (χ0n) is 9.16. The predicted molar refractivity (Wildman–Crippen MR) is 59.7 cm³/mol. The highest BCUT2D eigenvalue weighted by atomic mass is 16.2. The quantitative estimate of drug-likeness (QED) is 0.746. The summed E-state index contributed by atoms with van der Waals surface area (Å²) in [6.07, 6.45) is 0. The van der Waals surface area contributed by atoms with E-state index < -0.39 is 0 Å². The molecule has 1 amide bonds. The van der Waals surface area contributed by atoms with Crippen molar-refractivity contribution in [3.05, 3.63) is 35.4 Å². The summed E-state index contributed by atoms with van der Waals surface area (Å²) in [7, 11) is 0. The van der Waals surface area contributed by atoms with Gasteiger partial charge in [-0.3, -0.25) is 4.79 Å². The third-order valence-corrected chi connectivity index (χ3v) is 2.66. The minimum absolute atomic E-state index is 0.0848. The lowest BCUT2D eigenvalue weighted by atomic mass is 9.93. The molecule has 0 unspecified atom stereocenters. The highest BCUT2D eigenvalue weighted by molar-refractivity contribution is 5.95. The van der Waals surface area contributed by atoms with Gasteiger partial charge in [0, 0.05) is 24.2 Å². The molecule has 1 aliphatic rings. The van der Waals surface area contributed by atoms with Crippen LogP contribution in [0.1, 0.15) is 22.8 Å². The molecule has 0 spiro atoms. The van der Waals surface area contributed by atoms with Gasteiger partial charge in [0.05, 0.1) is 0 Å². The molecule has 1 aliphatic heterocycles. The van der Waals surface area contributed by atoms with Crippen LogP contribution in [0.5, 0.6) is 0 Å². The van der Waals surface area contributed by atoms with E-state index in [2.05, 4.69) is 0 Å². The summed E-state index contributed by atoms with van der Waals surface area (Å²) in [5.41, 5.74) is 7.53. The first kappa shape index (κ1) is 10.2. The van der Waals surface area contributed by atoms with Gasteiger partial charge in [-0.25, -0.2) is 0 Å². The minimum atomic E-state index is -0.195. The molecule has 1 aromatic rings. The number of nitrogens with zero attached hydrogens (tertiary/aromatic N) is 1. The smallest absolute Gasteiger partial charge is 0.253 e. The van der Waals surface area contributed by atoms with Crippen LogP contribution in [0.3, 0.4) is 0 Å². The Kier molecular flexibility index (Phi) is 2.27. The van der Waals surface area contributed by atoms with Crippen molar-refractivity contribution in [2.24, 2.45) is 5.73 Å². The Morgan fingerprint density at radius 1 is 1.47 bits per heavy atom. The van der Waals surface area contributed by atoms with Gasteiger partial charge < -0.3 is 10.6 Å². The van der Waals surface area contributed by atoms with Crippen molar-refractivity contribution >= 4 is 5.91 Å². The van der Waals surface area contributed by atoms with Crippen molar-refractivity contribution in [2.75, 3.05) is 13.1 Å². The summed E-state index contributed by atoms with van der Waals surface area (Å²) in [5.74, 6) is 0.0848. The van der Waals surface area contributed by atoms with Crippen molar-refractivity contribution < 1.29 is 4.79 Å². The van der Waals surface area contributed by atoms with Gasteiger partial charge in [-0.2, -0.15) is 0 Å². The Hall–Kier alpha value is -1.35. The maximum atomic E-state index is 11.9. The molecule has 2 N–H and O–H groups in total. The van der Waals surface area contributed by atoms with Crippen molar-refractivity contribution in [2.45, 2.75) is 19.4 Å². The van der Waals surface area contributed by atoms with Crippen LogP contribution < -0.4 is 5.73 Å². The molecular weight excluding hydrogens is 188 g/mol. The van der Waals surface area contributed by atoms with E-state index in [1.807, 2.05) is 38.1 Å². The van der Waals surface area contributed by atoms with E-state index >= 15 is 0 Å². The first-order valence-corrected chi connectivity index (χ1v) is 5.13. The van der Waals surface area contributed by atoms with Crippen LogP contribution >= 0.6 is 0 Å². The first-order chi connectivity index (χ1) is 6.98. The van der Waals surface area contributed by atoms with Gasteiger partial charge in [-0.15, -0.1) is 0 Å². The summed E-state index contributed by atoms with van der Waals surface area (Å²) < 4.78 is 0. The Labute approximate surface area is 89.9 Å². The van der Waals surface area contributed by atoms with E-state index in [-0.39, 0.29) is 11.4 Å². The van der Waals surface area contributed by atoms with Gasteiger partial charge >= 0.3 is 0 Å². The Morgan fingerprint density at radius 3 is 2.67 bits per heavy atom. The first-order valence-electron chi connectivity index (χ1n) is 5.13. The van der Waals surface area contributed by atoms with Crippen molar-refractivity contribution in [3.8, 4) is 0 Å². The van der Waals surface area contributed by atoms with Crippen molar-refractivity contribution in [1.29, 1.82) is 0 Å². The molecule has 0 bridgehead atoms. The number of rotatable bonds is 1. The topological polar surface area (TPSA) is 46.3 Å². The second-order valence-electron chi connectivity index (χ2n) is 4.68. The second kappa shape index (κ2) is 3.35. The van der Waals surface area contributed by atoms with E-state index in [1.165, 1.54) is 0 Å². The van der Waals surface area contributed by atoms with Crippen LogP contribution in [0.2, 0.25) is 0 Å². The molecule has 2 rings (SSSR count). The van der Waals surface area contributed by atoms with Crippen molar-refractivity contribution in [3.63, 3.8) is 0 Å². The molecule has 1 saturated heterocycles. The number of nitrogens with two attached hydrogens (primary N) is 1. The minimum Gasteiger partial charge on any atom is -0.335 e. The molecular formula is C12H16N2O. The fourth-order valence-corrected chi connectivity index (χ4v) is 1.93. The molecule has 1 aromatic carbocycles. The van der Waals surface area contributed by atoms with E-state index in [1.54, 1.807) is 4.90 Å². The number of benzene rings is 1. The predicted octanol–water partition coefficient (Wildman–Crippen LogP) is 1.17. The lowest BCUT2D eigenvalue weighted by Crippen LogP contribution is -2.66. The van der Waals surface area contributed by atoms with E-state index in [0.29, 0.717) is 13.1 Å². The van der Waals surface area contributed by atoms with Gasteiger partial charge in [-0.1, -0.05) is 17.7 Å². The lowest BCUT2D eigenvalue weighted by molar-refractivity contribution is 0.0453. The number of amides is 1. The summed E-state index contributed by atoms with van der Waals surface area (Å²) in [6.45, 7) is 5.26. The molecule has 3 nitrogen and oxygen atoms in total. The second-order valence-corrected chi connectivity index (χ2v) is 4.68. The number of carbonyl (C=O) groups is 1. The number of likely N-dealkylation sites (tertiary alicyclic amines) is 1. The molecule has 0 radical (unpaired) electrons. The average molecular weight is 204 g/mol. The molecule has 80 valence electrons. The van der Waals surface area contributed by atoms with Crippen LogP contribution in [-0.2, 0) is 0 Å². The number of aryl methyl sites for hydroxylation is 1. The van der Waals surface area contributed by atoms with Gasteiger partial charge in [0.25, 0.3) is 5.91 Å². The van der Waals surface area contributed by atoms with Crippen LogP contribution in [0.15, 0.2) is 24.3 Å². The number of carbonyl (C=O) groups excluding carboxylic acids is 1. The number of hydrogen-bond acceptors (Lipinski definition) is 2. The molecule has 0 aromatic heterocycles. The lowest BCUT2D eigenvalue weighted by Gasteiger charge is -2.45. The van der Waals surface area contributed by atoms with Gasteiger partial charge in [0.2, 0.25) is 0 Å². The molecule has 0 saturated carbocycles. The van der Waals surface area contributed by atoms with E-state index in [9.17, 15) is 4.79 Å². The molecule has 3 heteroatoms.